The zero-order valence-electron chi connectivity index (χ0n) is 19.4. The fourth-order valence-electron chi connectivity index (χ4n) is 4.98. The lowest BCUT2D eigenvalue weighted by molar-refractivity contribution is -0.168. The number of rotatable bonds is 9. The highest BCUT2D eigenvalue weighted by atomic mass is 16.5. The van der Waals surface area contributed by atoms with Crippen molar-refractivity contribution in [3.05, 3.63) is 22.3 Å². The molecule has 1 saturated carbocycles. The Morgan fingerprint density at radius 1 is 0.933 bits per heavy atom. The summed E-state index contributed by atoms with van der Waals surface area (Å²) >= 11 is 0. The molecule has 0 aromatic carbocycles. The number of unbranched alkanes of at least 4 members (excludes halogenated alkanes) is 5. The van der Waals surface area contributed by atoms with Crippen LogP contribution in [0.4, 0.5) is 0 Å². The number of esters is 2. The van der Waals surface area contributed by atoms with Crippen molar-refractivity contribution in [3.8, 4) is 0 Å². The summed E-state index contributed by atoms with van der Waals surface area (Å²) in [7, 11) is 2.58. The maximum Gasteiger partial charge on any atom is 0.323 e. The summed E-state index contributed by atoms with van der Waals surface area (Å²) in [5.74, 6) is -0.976. The Kier molecular flexibility index (Phi) is 8.87. The number of carbonyl (C=O) groups is 3. The molecular weight excluding hydrogens is 380 g/mol. The van der Waals surface area contributed by atoms with Crippen molar-refractivity contribution in [1.82, 2.24) is 0 Å². The molecule has 5 nitrogen and oxygen atoms in total. The van der Waals surface area contributed by atoms with Crippen LogP contribution in [0.25, 0.3) is 0 Å². The van der Waals surface area contributed by atoms with Crippen molar-refractivity contribution >= 4 is 17.7 Å². The number of methoxy groups -OCH3 is 2. The van der Waals surface area contributed by atoms with Gasteiger partial charge >= 0.3 is 11.9 Å². The lowest BCUT2D eigenvalue weighted by Crippen LogP contribution is -2.38. The molecule has 168 valence electrons. The molecule has 0 N–H and O–H groups in total. The van der Waals surface area contributed by atoms with Crippen LogP contribution in [0.3, 0.4) is 0 Å². The zero-order chi connectivity index (χ0) is 22.3. The third-order valence-electron chi connectivity index (χ3n) is 6.96. The van der Waals surface area contributed by atoms with E-state index in [-0.39, 0.29) is 24.5 Å². The van der Waals surface area contributed by atoms with Gasteiger partial charge in [0.2, 0.25) is 0 Å². The van der Waals surface area contributed by atoms with Gasteiger partial charge < -0.3 is 9.47 Å². The highest BCUT2D eigenvalue weighted by Gasteiger charge is 2.55. The molecule has 0 heterocycles. The van der Waals surface area contributed by atoms with Crippen LogP contribution in [0, 0.1) is 11.3 Å². The lowest BCUT2D eigenvalue weighted by atomic mass is 9.82. The van der Waals surface area contributed by atoms with Crippen LogP contribution < -0.4 is 0 Å². The summed E-state index contributed by atoms with van der Waals surface area (Å²) < 4.78 is 9.94. The molecule has 2 aliphatic carbocycles. The van der Waals surface area contributed by atoms with Crippen LogP contribution in [0.15, 0.2) is 22.3 Å². The third kappa shape index (κ3) is 5.04. The van der Waals surface area contributed by atoms with Crippen LogP contribution in [-0.4, -0.2) is 31.9 Å². The fraction of sp³-hybridized carbons (Fsp3) is 0.720. The predicted molar refractivity (Wildman–Crippen MR) is 117 cm³/mol. The summed E-state index contributed by atoms with van der Waals surface area (Å²) in [6.45, 7) is 6.13. The number of allylic oxidation sites excluding steroid dienone is 4. The molecule has 0 aromatic rings. The molecule has 0 saturated heterocycles. The van der Waals surface area contributed by atoms with Gasteiger partial charge in [-0.1, -0.05) is 51.0 Å². The minimum Gasteiger partial charge on any atom is -0.468 e. The largest absolute Gasteiger partial charge is 0.468 e. The Hall–Kier alpha value is -1.91. The fourth-order valence-corrected chi connectivity index (χ4v) is 4.98. The number of hydrogen-bond donors (Lipinski definition) is 0. The van der Waals surface area contributed by atoms with Crippen LogP contribution in [-0.2, 0) is 23.9 Å². The number of ether oxygens (including phenoxy) is 2. The number of fused-ring (bicyclic) bond motifs is 1. The van der Waals surface area contributed by atoms with Crippen molar-refractivity contribution in [2.24, 2.45) is 11.3 Å². The van der Waals surface area contributed by atoms with Gasteiger partial charge in [0.15, 0.2) is 11.2 Å². The average molecular weight is 419 g/mol. The van der Waals surface area contributed by atoms with E-state index in [1.54, 1.807) is 0 Å². The second kappa shape index (κ2) is 10.9. The number of carbonyl (C=O) groups excluding carboxylic acids is 3. The Balaban J connectivity index is 2.24. The summed E-state index contributed by atoms with van der Waals surface area (Å²) in [4.78, 5) is 38.5. The Labute approximate surface area is 181 Å². The number of hydrogen-bond acceptors (Lipinski definition) is 5. The normalized spacial score (nSPS) is 26.0. The molecule has 1 unspecified atom stereocenters. The van der Waals surface area contributed by atoms with E-state index >= 15 is 0 Å². The van der Waals surface area contributed by atoms with Crippen LogP contribution in [0.1, 0.15) is 91.4 Å². The van der Waals surface area contributed by atoms with E-state index in [2.05, 4.69) is 13.8 Å². The molecule has 0 radical (unpaired) electrons. The topological polar surface area (TPSA) is 69.7 Å². The van der Waals surface area contributed by atoms with Crippen molar-refractivity contribution in [1.29, 1.82) is 0 Å². The second-order valence-electron chi connectivity index (χ2n) is 8.94. The number of ketones is 1. The standard InChI is InChI=1S/C25H38O5/c1-6-7-8-9-10-11-12-19-14-13-17(2)20-15-25(23(27)29-4,24(28)30-5)16-21(20)18(3)22(19)26/h19H,6-16H2,1-5H3/b20-17-,21-18-. The molecule has 5 heteroatoms. The van der Waals surface area contributed by atoms with Crippen molar-refractivity contribution in [3.63, 3.8) is 0 Å². The van der Waals surface area contributed by atoms with E-state index in [4.69, 9.17) is 9.47 Å². The van der Waals surface area contributed by atoms with Crippen molar-refractivity contribution in [2.75, 3.05) is 14.2 Å². The molecule has 30 heavy (non-hydrogen) atoms. The predicted octanol–water partition coefficient (Wildman–Crippen LogP) is 5.48. The van der Waals surface area contributed by atoms with Gasteiger partial charge in [0, 0.05) is 12.3 Å². The maximum atomic E-state index is 13.3. The molecule has 0 bridgehead atoms. The van der Waals surface area contributed by atoms with Gasteiger partial charge in [0.1, 0.15) is 0 Å². The third-order valence-corrected chi connectivity index (χ3v) is 6.96. The second-order valence-corrected chi connectivity index (χ2v) is 8.94. The highest BCUT2D eigenvalue weighted by Crippen LogP contribution is 2.50. The van der Waals surface area contributed by atoms with E-state index < -0.39 is 17.4 Å². The minimum absolute atomic E-state index is 0.0198. The van der Waals surface area contributed by atoms with Crippen LogP contribution in [0.5, 0.6) is 0 Å². The number of Topliss-reactive ketones (excluding diaryl/α,β-unsaturated/α-hetero) is 1. The van der Waals surface area contributed by atoms with Gasteiger partial charge in [0.05, 0.1) is 14.2 Å². The van der Waals surface area contributed by atoms with Gasteiger partial charge in [-0.2, -0.15) is 0 Å². The first-order valence-corrected chi connectivity index (χ1v) is 11.4. The van der Waals surface area contributed by atoms with E-state index in [0.717, 1.165) is 36.8 Å². The van der Waals surface area contributed by atoms with E-state index in [1.165, 1.54) is 51.9 Å². The minimum atomic E-state index is -1.38. The maximum absolute atomic E-state index is 13.3. The van der Waals surface area contributed by atoms with Crippen molar-refractivity contribution < 1.29 is 23.9 Å². The summed E-state index contributed by atoms with van der Waals surface area (Å²) in [5.41, 5.74) is 2.31. The summed E-state index contributed by atoms with van der Waals surface area (Å²) in [5, 5.41) is 0. The molecular formula is C25H38O5. The lowest BCUT2D eigenvalue weighted by Gasteiger charge is -2.22. The first kappa shape index (κ1) is 24.4. The molecule has 1 atom stereocenters. The Morgan fingerprint density at radius 3 is 2.10 bits per heavy atom. The molecule has 0 aromatic heterocycles. The SMILES string of the molecule is CCCCCCCCC1CC/C(C)=C2/CC(C(=O)OC)(C(=O)OC)C/C2=C(\C)C1=O. The highest BCUT2D eigenvalue weighted by molar-refractivity contribution is 6.04. The first-order chi connectivity index (χ1) is 14.3. The summed E-state index contributed by atoms with van der Waals surface area (Å²) in [6, 6.07) is 0. The zero-order valence-corrected chi connectivity index (χ0v) is 19.4. The molecule has 2 aliphatic rings. The quantitative estimate of drug-likeness (QED) is 0.282. The Bertz CT molecular complexity index is 712. The van der Waals surface area contributed by atoms with E-state index in [0.29, 0.717) is 5.57 Å². The van der Waals surface area contributed by atoms with Gasteiger partial charge in [-0.3, -0.25) is 14.4 Å². The smallest absolute Gasteiger partial charge is 0.323 e. The first-order valence-electron chi connectivity index (χ1n) is 11.4. The summed E-state index contributed by atoms with van der Waals surface area (Å²) in [6.07, 6.45) is 10.3. The molecule has 0 spiro atoms. The average Bonchev–Trinajstić information content (AvgIpc) is 3.17. The molecule has 2 rings (SSSR count). The molecule has 0 aliphatic heterocycles. The van der Waals surface area contributed by atoms with Gasteiger partial charge in [-0.05, 0) is 56.3 Å². The monoisotopic (exact) mass is 418 g/mol. The van der Waals surface area contributed by atoms with Crippen molar-refractivity contribution in [2.45, 2.75) is 91.4 Å². The van der Waals surface area contributed by atoms with Gasteiger partial charge in [-0.25, -0.2) is 0 Å². The molecule has 0 amide bonds. The van der Waals surface area contributed by atoms with Gasteiger partial charge in [-0.15, -0.1) is 0 Å². The van der Waals surface area contributed by atoms with Gasteiger partial charge in [0.25, 0.3) is 0 Å². The van der Waals surface area contributed by atoms with Crippen LogP contribution in [0.2, 0.25) is 0 Å². The van der Waals surface area contributed by atoms with E-state index in [9.17, 15) is 14.4 Å². The molecule has 1 fully saturated rings. The van der Waals surface area contributed by atoms with Crippen LogP contribution >= 0.6 is 0 Å². The Morgan fingerprint density at radius 2 is 1.50 bits per heavy atom. The van der Waals surface area contributed by atoms with E-state index in [1.807, 2.05) is 6.92 Å².